The van der Waals surface area contributed by atoms with Gasteiger partial charge in [-0.2, -0.15) is 4.98 Å². The molecule has 2 aromatic rings. The molecule has 0 saturated heterocycles. The van der Waals surface area contributed by atoms with Crippen molar-refractivity contribution in [1.82, 2.24) is 14.9 Å². The molecule has 0 radical (unpaired) electrons. The summed E-state index contributed by atoms with van der Waals surface area (Å²) in [6, 6.07) is 6.15. The Labute approximate surface area is 127 Å². The van der Waals surface area contributed by atoms with Crippen LogP contribution in [0, 0.1) is 6.92 Å². The van der Waals surface area contributed by atoms with Crippen LogP contribution in [0.4, 0.5) is 0 Å². The number of sulfonamides is 1. The second kappa shape index (κ2) is 6.29. The molecule has 112 valence electrons. The van der Waals surface area contributed by atoms with Gasteiger partial charge in [-0.3, -0.25) is 0 Å². The average molecular weight is 326 g/mol. The van der Waals surface area contributed by atoms with Gasteiger partial charge in [0, 0.05) is 18.5 Å². The third-order valence-corrected chi connectivity index (χ3v) is 4.32. The molecule has 7 nitrogen and oxygen atoms in total. The van der Waals surface area contributed by atoms with E-state index in [1.54, 1.807) is 19.1 Å². The molecule has 0 spiro atoms. The summed E-state index contributed by atoms with van der Waals surface area (Å²) in [7, 11) is -3.63. The van der Waals surface area contributed by atoms with Gasteiger partial charge < -0.3 is 10.3 Å². The Hall–Kier alpha value is -1.84. The minimum Gasteiger partial charge on any atom is -0.389 e. The van der Waals surface area contributed by atoms with E-state index in [1.807, 2.05) is 0 Å². The molecule has 0 bridgehead atoms. The highest BCUT2D eigenvalue weighted by Gasteiger charge is 2.15. The lowest BCUT2D eigenvalue weighted by Crippen LogP contribution is -2.26. The first-order valence-electron chi connectivity index (χ1n) is 6.07. The summed E-state index contributed by atoms with van der Waals surface area (Å²) in [6.45, 7) is 1.85. The molecule has 1 aromatic carbocycles. The number of nitrogens with one attached hydrogen (secondary N) is 1. The fourth-order valence-corrected chi connectivity index (χ4v) is 2.84. The molecule has 0 fully saturated rings. The van der Waals surface area contributed by atoms with Crippen LogP contribution in [0.1, 0.15) is 17.3 Å². The SMILES string of the molecule is Cc1noc(CCNS(=O)(=O)c2cccc(C(N)=S)c2)n1. The molecule has 3 N–H and O–H groups in total. The Balaban J connectivity index is 2.04. The van der Waals surface area contributed by atoms with E-state index < -0.39 is 10.0 Å². The van der Waals surface area contributed by atoms with Crippen molar-refractivity contribution in [2.75, 3.05) is 6.54 Å². The third kappa shape index (κ3) is 4.06. The number of nitrogens with two attached hydrogens (primary N) is 1. The van der Waals surface area contributed by atoms with Gasteiger partial charge in [-0.05, 0) is 19.1 Å². The molecule has 0 atom stereocenters. The first kappa shape index (κ1) is 15.5. The second-order valence-corrected chi connectivity index (χ2v) is 6.48. The summed E-state index contributed by atoms with van der Waals surface area (Å²) in [4.78, 5) is 4.25. The molecular formula is C12H14N4O3S2. The van der Waals surface area contributed by atoms with E-state index in [2.05, 4.69) is 14.9 Å². The molecular weight excluding hydrogens is 312 g/mol. The highest BCUT2D eigenvalue weighted by atomic mass is 32.2. The summed E-state index contributed by atoms with van der Waals surface area (Å²) >= 11 is 4.83. The monoisotopic (exact) mass is 326 g/mol. The predicted octanol–water partition coefficient (Wildman–Crippen LogP) is 0.533. The van der Waals surface area contributed by atoms with Crippen molar-refractivity contribution in [3.05, 3.63) is 41.5 Å². The first-order valence-corrected chi connectivity index (χ1v) is 7.96. The Morgan fingerprint density at radius 2 is 2.24 bits per heavy atom. The molecule has 0 amide bonds. The fraction of sp³-hybridized carbons (Fsp3) is 0.250. The van der Waals surface area contributed by atoms with E-state index in [-0.39, 0.29) is 16.4 Å². The van der Waals surface area contributed by atoms with Crippen molar-refractivity contribution < 1.29 is 12.9 Å². The smallest absolute Gasteiger partial charge is 0.240 e. The topological polar surface area (TPSA) is 111 Å². The molecule has 0 aliphatic carbocycles. The largest absolute Gasteiger partial charge is 0.389 e. The molecule has 0 unspecified atom stereocenters. The standard InChI is InChI=1S/C12H14N4O3S2/c1-8-15-11(19-16-8)5-6-14-21(17,18)10-4-2-3-9(7-10)12(13)20/h2-4,7,14H,5-6H2,1H3,(H2,13,20). The van der Waals surface area contributed by atoms with Gasteiger partial charge in [-0.1, -0.05) is 29.5 Å². The van der Waals surface area contributed by atoms with E-state index >= 15 is 0 Å². The highest BCUT2D eigenvalue weighted by Crippen LogP contribution is 2.11. The van der Waals surface area contributed by atoms with Gasteiger partial charge >= 0.3 is 0 Å². The average Bonchev–Trinajstić information content (AvgIpc) is 2.84. The first-order chi connectivity index (χ1) is 9.88. The summed E-state index contributed by atoms with van der Waals surface area (Å²) in [5.74, 6) is 0.893. The zero-order valence-electron chi connectivity index (χ0n) is 11.2. The minimum absolute atomic E-state index is 0.106. The highest BCUT2D eigenvalue weighted by molar-refractivity contribution is 7.89. The zero-order chi connectivity index (χ0) is 15.5. The van der Waals surface area contributed by atoms with Crippen molar-refractivity contribution in [1.29, 1.82) is 0 Å². The van der Waals surface area contributed by atoms with Crippen LogP contribution in [0.2, 0.25) is 0 Å². The molecule has 9 heteroatoms. The van der Waals surface area contributed by atoms with E-state index in [0.717, 1.165) is 0 Å². The minimum atomic E-state index is -3.63. The van der Waals surface area contributed by atoms with Crippen molar-refractivity contribution in [3.8, 4) is 0 Å². The van der Waals surface area contributed by atoms with Gasteiger partial charge in [0.15, 0.2) is 5.82 Å². The van der Waals surface area contributed by atoms with Crippen LogP contribution in [0.15, 0.2) is 33.7 Å². The summed E-state index contributed by atoms with van der Waals surface area (Å²) < 4.78 is 31.6. The zero-order valence-corrected chi connectivity index (χ0v) is 12.9. The van der Waals surface area contributed by atoms with E-state index in [9.17, 15) is 8.42 Å². The number of nitrogens with zero attached hydrogens (tertiary/aromatic N) is 2. The molecule has 1 heterocycles. The Kier molecular flexibility index (Phi) is 4.66. The van der Waals surface area contributed by atoms with Crippen molar-refractivity contribution >= 4 is 27.2 Å². The van der Waals surface area contributed by atoms with Crippen molar-refractivity contribution in [2.45, 2.75) is 18.2 Å². The number of thiocarbonyl (C=S) groups is 1. The molecule has 2 rings (SSSR count). The fourth-order valence-electron chi connectivity index (χ4n) is 1.63. The number of aryl methyl sites for hydroxylation is 1. The maximum Gasteiger partial charge on any atom is 0.240 e. The Morgan fingerprint density at radius 1 is 1.48 bits per heavy atom. The normalized spacial score (nSPS) is 11.5. The molecule has 21 heavy (non-hydrogen) atoms. The maximum absolute atomic E-state index is 12.1. The Morgan fingerprint density at radius 3 is 2.86 bits per heavy atom. The summed E-state index contributed by atoms with van der Waals surface area (Å²) in [6.07, 6.45) is 0.315. The number of rotatable bonds is 6. The van der Waals surface area contributed by atoms with Crippen LogP contribution in [-0.4, -0.2) is 30.1 Å². The van der Waals surface area contributed by atoms with Crippen LogP contribution in [0.5, 0.6) is 0 Å². The predicted molar refractivity (Wildman–Crippen MR) is 80.3 cm³/mol. The number of benzene rings is 1. The number of hydrogen-bond acceptors (Lipinski definition) is 6. The molecule has 0 saturated carbocycles. The van der Waals surface area contributed by atoms with Gasteiger partial charge in [-0.25, -0.2) is 13.1 Å². The van der Waals surface area contributed by atoms with Gasteiger partial charge in [0.25, 0.3) is 0 Å². The van der Waals surface area contributed by atoms with Gasteiger partial charge in [-0.15, -0.1) is 0 Å². The van der Waals surface area contributed by atoms with Crippen LogP contribution in [0.25, 0.3) is 0 Å². The van der Waals surface area contributed by atoms with E-state index in [4.69, 9.17) is 22.5 Å². The second-order valence-electron chi connectivity index (χ2n) is 4.28. The lowest BCUT2D eigenvalue weighted by Gasteiger charge is -2.07. The lowest BCUT2D eigenvalue weighted by atomic mass is 10.2. The molecule has 0 aliphatic rings. The van der Waals surface area contributed by atoms with E-state index in [0.29, 0.717) is 23.7 Å². The van der Waals surface area contributed by atoms with Crippen molar-refractivity contribution in [2.24, 2.45) is 5.73 Å². The number of hydrogen-bond donors (Lipinski definition) is 2. The summed E-state index contributed by atoms with van der Waals surface area (Å²) in [5, 5.41) is 3.63. The maximum atomic E-state index is 12.1. The summed E-state index contributed by atoms with van der Waals surface area (Å²) in [5.41, 5.74) is 5.99. The Bertz CT molecular complexity index is 755. The van der Waals surface area contributed by atoms with Gasteiger partial charge in [0.05, 0.1) is 4.90 Å². The third-order valence-electron chi connectivity index (χ3n) is 2.63. The van der Waals surface area contributed by atoms with Crippen LogP contribution in [0.3, 0.4) is 0 Å². The van der Waals surface area contributed by atoms with Crippen LogP contribution in [-0.2, 0) is 16.4 Å². The van der Waals surface area contributed by atoms with Gasteiger partial charge in [0.2, 0.25) is 15.9 Å². The quantitative estimate of drug-likeness (QED) is 0.745. The van der Waals surface area contributed by atoms with Crippen LogP contribution >= 0.6 is 12.2 Å². The van der Waals surface area contributed by atoms with E-state index in [1.165, 1.54) is 12.1 Å². The van der Waals surface area contributed by atoms with Crippen molar-refractivity contribution in [3.63, 3.8) is 0 Å². The molecule has 0 aliphatic heterocycles. The lowest BCUT2D eigenvalue weighted by molar-refractivity contribution is 0.375. The molecule has 1 aromatic heterocycles. The number of aromatic nitrogens is 2. The van der Waals surface area contributed by atoms with Crippen LogP contribution < -0.4 is 10.5 Å². The van der Waals surface area contributed by atoms with Gasteiger partial charge in [0.1, 0.15) is 4.99 Å².